The summed E-state index contributed by atoms with van der Waals surface area (Å²) >= 11 is 0. The van der Waals surface area contributed by atoms with Gasteiger partial charge in [-0.2, -0.15) is 9.90 Å². The molecule has 0 fully saturated rings. The fraction of sp³-hybridized carbons (Fsp3) is 0. The van der Waals surface area contributed by atoms with Crippen molar-refractivity contribution in [2.24, 2.45) is 0 Å². The minimum Gasteiger partial charge on any atom is -0.345 e. The number of nitrogens with zero attached hydrogens (tertiary/aromatic N) is 1. The van der Waals surface area contributed by atoms with E-state index in [2.05, 4.69) is 9.97 Å². The van der Waals surface area contributed by atoms with Crippen molar-refractivity contribution in [1.82, 2.24) is 9.97 Å². The molecule has 62 valence electrons. The quantitative estimate of drug-likeness (QED) is 0.666. The van der Waals surface area contributed by atoms with Gasteiger partial charge in [-0.15, -0.1) is 0 Å². The predicted octanol–water partition coefficient (Wildman–Crippen LogP) is 2.13. The Balaban J connectivity index is 0.000000720. The first-order chi connectivity index (χ1) is 5.47. The molecule has 0 saturated heterocycles. The van der Waals surface area contributed by atoms with Gasteiger partial charge in [-0.3, -0.25) is 0 Å². The van der Waals surface area contributed by atoms with E-state index in [1.54, 1.807) is 6.20 Å². The highest BCUT2D eigenvalue weighted by Crippen LogP contribution is 2.11. The average Bonchev–Trinajstić information content (AvgIpc) is 2.58. The molecule has 0 saturated carbocycles. The normalized spacial score (nSPS) is 9.00. The van der Waals surface area contributed by atoms with E-state index in [0.717, 1.165) is 11.4 Å². The molecule has 2 aromatic rings. The maximum atomic E-state index is 4.13. The predicted molar refractivity (Wildman–Crippen MR) is 55.1 cm³/mol. The number of benzene rings is 1. The van der Waals surface area contributed by atoms with Crippen molar-refractivity contribution in [3.63, 3.8) is 0 Å². The fourth-order valence-corrected chi connectivity index (χ4v) is 1.02. The largest absolute Gasteiger partial charge is 0.345 e. The highest BCUT2D eigenvalue weighted by Gasteiger charge is 1.94. The number of rotatable bonds is 1. The molecule has 2 rings (SSSR count). The molecule has 12 heavy (non-hydrogen) atoms. The van der Waals surface area contributed by atoms with Gasteiger partial charge in [0.15, 0.2) is 0 Å². The second kappa shape index (κ2) is 4.03. The van der Waals surface area contributed by atoms with Crippen molar-refractivity contribution in [2.75, 3.05) is 0 Å². The van der Waals surface area contributed by atoms with Crippen LogP contribution in [0.2, 0.25) is 0 Å². The summed E-state index contributed by atoms with van der Waals surface area (Å²) in [6.45, 7) is 0. The summed E-state index contributed by atoms with van der Waals surface area (Å²) in [5, 5.41) is 0. The first-order valence-electron chi connectivity index (χ1n) is 3.51. The zero-order valence-corrected chi connectivity index (χ0v) is 8.11. The SMILES string of the molecule is P.c1ccc(-c2ncc[nH]2)cc1. The second-order valence-corrected chi connectivity index (χ2v) is 2.30. The molecule has 1 aromatic heterocycles. The number of nitrogens with one attached hydrogen (secondary N) is 1. The zero-order valence-electron chi connectivity index (χ0n) is 6.70. The molecular weight excluding hydrogens is 167 g/mol. The first kappa shape index (κ1) is 8.95. The van der Waals surface area contributed by atoms with Crippen LogP contribution < -0.4 is 0 Å². The Bertz CT molecular complexity index is 316. The smallest absolute Gasteiger partial charge is 0.137 e. The van der Waals surface area contributed by atoms with Gasteiger partial charge in [-0.1, -0.05) is 30.3 Å². The standard InChI is InChI=1S/C9H8N2.H3P/c1-2-4-8(5-3-1)9-10-6-7-11-9;/h1-7H,(H,10,11);1H3. The van der Waals surface area contributed by atoms with Crippen LogP contribution in [-0.4, -0.2) is 9.97 Å². The number of aromatic nitrogens is 2. The summed E-state index contributed by atoms with van der Waals surface area (Å²) < 4.78 is 0. The van der Waals surface area contributed by atoms with Crippen molar-refractivity contribution in [3.05, 3.63) is 42.7 Å². The van der Waals surface area contributed by atoms with Gasteiger partial charge in [-0.25, -0.2) is 4.98 Å². The van der Waals surface area contributed by atoms with E-state index in [-0.39, 0.29) is 9.90 Å². The Morgan fingerprint density at radius 2 is 1.83 bits per heavy atom. The summed E-state index contributed by atoms with van der Waals surface area (Å²) in [5.41, 5.74) is 1.12. The number of aromatic amines is 1. The molecule has 0 radical (unpaired) electrons. The average molecular weight is 178 g/mol. The van der Waals surface area contributed by atoms with Crippen molar-refractivity contribution in [3.8, 4) is 11.4 Å². The molecule has 0 amide bonds. The number of hydrogen-bond donors (Lipinski definition) is 1. The molecule has 3 heteroatoms. The van der Waals surface area contributed by atoms with E-state index in [1.807, 2.05) is 36.5 Å². The molecule has 0 aliphatic carbocycles. The lowest BCUT2D eigenvalue weighted by Crippen LogP contribution is -1.77. The first-order valence-corrected chi connectivity index (χ1v) is 3.51. The molecule has 1 atom stereocenters. The molecular formula is C9H11N2P. The Kier molecular flexibility index (Phi) is 3.01. The van der Waals surface area contributed by atoms with E-state index < -0.39 is 0 Å². The van der Waals surface area contributed by atoms with Crippen LogP contribution in [0.4, 0.5) is 0 Å². The maximum absolute atomic E-state index is 4.13. The molecule has 0 bridgehead atoms. The van der Waals surface area contributed by atoms with Gasteiger partial charge in [0.2, 0.25) is 0 Å². The summed E-state index contributed by atoms with van der Waals surface area (Å²) in [6, 6.07) is 10.0. The molecule has 1 aromatic carbocycles. The molecule has 2 nitrogen and oxygen atoms in total. The van der Waals surface area contributed by atoms with E-state index >= 15 is 0 Å². The lowest BCUT2D eigenvalue weighted by atomic mass is 10.2. The van der Waals surface area contributed by atoms with E-state index in [0.29, 0.717) is 0 Å². The molecule has 0 spiro atoms. The van der Waals surface area contributed by atoms with Crippen LogP contribution in [0.3, 0.4) is 0 Å². The number of imidazole rings is 1. The second-order valence-electron chi connectivity index (χ2n) is 2.30. The highest BCUT2D eigenvalue weighted by molar-refractivity contribution is 6.92. The Labute approximate surface area is 74.7 Å². The van der Waals surface area contributed by atoms with Crippen molar-refractivity contribution >= 4 is 9.90 Å². The number of H-pyrrole nitrogens is 1. The highest BCUT2D eigenvalue weighted by atomic mass is 31.0. The molecule has 1 N–H and O–H groups in total. The molecule has 0 aliphatic rings. The minimum atomic E-state index is 0. The summed E-state index contributed by atoms with van der Waals surface area (Å²) in [7, 11) is 0. The lowest BCUT2D eigenvalue weighted by molar-refractivity contribution is 1.31. The van der Waals surface area contributed by atoms with Gasteiger partial charge in [-0.05, 0) is 0 Å². The van der Waals surface area contributed by atoms with Crippen molar-refractivity contribution in [1.29, 1.82) is 0 Å². The van der Waals surface area contributed by atoms with Gasteiger partial charge in [0.25, 0.3) is 0 Å². The van der Waals surface area contributed by atoms with Crippen LogP contribution in [0.1, 0.15) is 0 Å². The summed E-state index contributed by atoms with van der Waals surface area (Å²) in [6.07, 6.45) is 3.57. The van der Waals surface area contributed by atoms with Crippen LogP contribution in [0.25, 0.3) is 11.4 Å². The van der Waals surface area contributed by atoms with Crippen LogP contribution >= 0.6 is 9.90 Å². The monoisotopic (exact) mass is 178 g/mol. The van der Waals surface area contributed by atoms with Gasteiger partial charge < -0.3 is 4.98 Å². The summed E-state index contributed by atoms with van der Waals surface area (Å²) in [4.78, 5) is 7.17. The van der Waals surface area contributed by atoms with Gasteiger partial charge >= 0.3 is 0 Å². The van der Waals surface area contributed by atoms with Crippen molar-refractivity contribution < 1.29 is 0 Å². The van der Waals surface area contributed by atoms with E-state index in [4.69, 9.17) is 0 Å². The molecule has 0 aliphatic heterocycles. The van der Waals surface area contributed by atoms with E-state index in [9.17, 15) is 0 Å². The van der Waals surface area contributed by atoms with Crippen LogP contribution in [0.5, 0.6) is 0 Å². The van der Waals surface area contributed by atoms with Gasteiger partial charge in [0.1, 0.15) is 5.82 Å². The number of hydrogen-bond acceptors (Lipinski definition) is 1. The van der Waals surface area contributed by atoms with Crippen molar-refractivity contribution in [2.45, 2.75) is 0 Å². The minimum absolute atomic E-state index is 0. The molecule has 1 unspecified atom stereocenters. The third-order valence-electron chi connectivity index (χ3n) is 1.55. The Hall–Kier alpha value is -1.14. The van der Waals surface area contributed by atoms with Crippen LogP contribution in [0.15, 0.2) is 42.7 Å². The maximum Gasteiger partial charge on any atom is 0.137 e. The Morgan fingerprint density at radius 3 is 2.42 bits per heavy atom. The fourth-order valence-electron chi connectivity index (χ4n) is 1.02. The Morgan fingerprint density at radius 1 is 1.08 bits per heavy atom. The van der Waals surface area contributed by atoms with Crippen LogP contribution in [-0.2, 0) is 0 Å². The topological polar surface area (TPSA) is 28.7 Å². The van der Waals surface area contributed by atoms with Gasteiger partial charge in [0, 0.05) is 18.0 Å². The third-order valence-corrected chi connectivity index (χ3v) is 1.55. The zero-order chi connectivity index (χ0) is 7.52. The van der Waals surface area contributed by atoms with Crippen LogP contribution in [0, 0.1) is 0 Å². The summed E-state index contributed by atoms with van der Waals surface area (Å²) in [5.74, 6) is 0.922. The third kappa shape index (κ3) is 1.72. The lowest BCUT2D eigenvalue weighted by Gasteiger charge is -1.92. The van der Waals surface area contributed by atoms with Gasteiger partial charge in [0.05, 0.1) is 0 Å². The molecule has 1 heterocycles. The van der Waals surface area contributed by atoms with E-state index in [1.165, 1.54) is 0 Å².